The summed E-state index contributed by atoms with van der Waals surface area (Å²) in [5, 5.41) is 4.77. The summed E-state index contributed by atoms with van der Waals surface area (Å²) in [7, 11) is 0. The molecule has 6 heteroatoms. The number of nitrogens with zero attached hydrogens (tertiary/aromatic N) is 3. The monoisotopic (exact) mass is 410 g/mol. The van der Waals surface area contributed by atoms with Crippen LogP contribution >= 0.6 is 0 Å². The summed E-state index contributed by atoms with van der Waals surface area (Å²) >= 11 is -0.758. The zero-order valence-electron chi connectivity index (χ0n) is 16.7. The fraction of sp³-hybridized carbons (Fsp3) is 0.167. The van der Waals surface area contributed by atoms with E-state index in [1.807, 2.05) is 59.5 Å². The van der Waals surface area contributed by atoms with E-state index in [-0.39, 0.29) is 0 Å². The van der Waals surface area contributed by atoms with Gasteiger partial charge in [0.15, 0.2) is 0 Å². The van der Waals surface area contributed by atoms with Crippen molar-refractivity contribution >= 4 is 15.9 Å². The Bertz CT molecular complexity index is 1160. The van der Waals surface area contributed by atoms with E-state index < -0.39 is 15.9 Å². The molecule has 147 valence electrons. The number of para-hydroxylation sites is 3. The van der Waals surface area contributed by atoms with Crippen LogP contribution in [0.4, 0.5) is 0 Å². The van der Waals surface area contributed by atoms with E-state index in [0.717, 1.165) is 47.0 Å². The molecule has 5 rings (SSSR count). The summed E-state index contributed by atoms with van der Waals surface area (Å²) in [4.78, 5) is 4.55. The van der Waals surface area contributed by atoms with Crippen LogP contribution < -0.4 is 7.58 Å². The molecule has 1 aliphatic heterocycles. The Morgan fingerprint density at radius 3 is 2.77 bits per heavy atom. The van der Waals surface area contributed by atoms with Gasteiger partial charge in [-0.2, -0.15) is 5.10 Å². The Morgan fingerprint density at radius 1 is 0.967 bits per heavy atom. The van der Waals surface area contributed by atoms with Gasteiger partial charge in [0.25, 0.3) is 0 Å². The molecule has 1 radical (unpaired) electrons. The second-order valence-electron chi connectivity index (χ2n) is 7.43. The fourth-order valence-electron chi connectivity index (χ4n) is 3.82. The number of benzene rings is 2. The Morgan fingerprint density at radius 2 is 1.87 bits per heavy atom. The Hall–Kier alpha value is -3.07. The van der Waals surface area contributed by atoms with Crippen molar-refractivity contribution < 1.29 is 7.58 Å². The standard InChI is InChI=1S/C24H23N3O2.Al/c1-17(19-7-6-8-20(24(19)29)21-9-4-5-15-25-21)12-13-18-14-16-27(26-18)22-10-2-3-11-23(22)28;/h2-11,14-17,28-29H,12-13H2,1H3;/q;+2/p-2. The molecule has 30 heavy (non-hydrogen) atoms. The molecule has 5 nitrogen and oxygen atoms in total. The highest BCUT2D eigenvalue weighted by molar-refractivity contribution is 6.21. The smallest absolute Gasteiger partial charge is 0.615 e. The molecule has 1 unspecified atom stereocenters. The molecule has 1 atom stereocenters. The van der Waals surface area contributed by atoms with E-state index in [9.17, 15) is 0 Å². The molecule has 1 aliphatic rings. The fourth-order valence-corrected chi connectivity index (χ4v) is 4.53. The second kappa shape index (κ2) is 8.35. The zero-order valence-corrected chi connectivity index (χ0v) is 17.9. The van der Waals surface area contributed by atoms with Gasteiger partial charge < -0.3 is 7.58 Å². The number of rotatable bonds is 1. The summed E-state index contributed by atoms with van der Waals surface area (Å²) in [5.41, 5.74) is 5.09. The van der Waals surface area contributed by atoms with Crippen LogP contribution in [-0.2, 0) is 6.42 Å². The molecule has 3 heterocycles. The van der Waals surface area contributed by atoms with Gasteiger partial charge in [0, 0.05) is 18.0 Å². The summed E-state index contributed by atoms with van der Waals surface area (Å²) in [5.74, 6) is 1.96. The van der Waals surface area contributed by atoms with Crippen LogP contribution in [0.2, 0.25) is 0 Å². The van der Waals surface area contributed by atoms with Crippen molar-refractivity contribution in [2.75, 3.05) is 0 Å². The molecule has 0 saturated carbocycles. The maximum atomic E-state index is 6.34. The summed E-state index contributed by atoms with van der Waals surface area (Å²) in [6.07, 6.45) is 5.69. The SMILES string of the molecule is CC1CCc2ccn(n2)-c2ccccc2[O][Al][O]c2c(-c3ccccn3)cccc21. The lowest BCUT2D eigenvalue weighted by Crippen LogP contribution is -2.14. The van der Waals surface area contributed by atoms with Crippen molar-refractivity contribution in [1.82, 2.24) is 14.8 Å². The molecule has 2 bridgehead atoms. The van der Waals surface area contributed by atoms with Gasteiger partial charge in [0.2, 0.25) is 0 Å². The molecule has 0 aliphatic carbocycles. The number of aryl methyl sites for hydroxylation is 1. The minimum atomic E-state index is -0.758. The summed E-state index contributed by atoms with van der Waals surface area (Å²) in [6, 6.07) is 22.3. The first-order valence-electron chi connectivity index (χ1n) is 10.1. The van der Waals surface area contributed by atoms with E-state index in [0.29, 0.717) is 5.92 Å². The minimum absolute atomic E-state index is 0.316. The zero-order chi connectivity index (χ0) is 20.3. The second-order valence-corrected chi connectivity index (χ2v) is 8.09. The van der Waals surface area contributed by atoms with Crippen LogP contribution in [0.5, 0.6) is 11.5 Å². The molecule has 0 fully saturated rings. The first-order valence-corrected chi connectivity index (χ1v) is 11.1. The molecule has 0 saturated heterocycles. The van der Waals surface area contributed by atoms with Crippen LogP contribution in [-0.4, -0.2) is 30.7 Å². The number of aromatic nitrogens is 3. The maximum Gasteiger partial charge on any atom is 0.881 e. The van der Waals surface area contributed by atoms with Crippen LogP contribution in [0.3, 0.4) is 0 Å². The first kappa shape index (κ1) is 18.9. The lowest BCUT2D eigenvalue weighted by Gasteiger charge is -2.21. The lowest BCUT2D eigenvalue weighted by molar-refractivity contribution is 0.452. The molecule has 0 amide bonds. The van der Waals surface area contributed by atoms with Crippen LogP contribution in [0.15, 0.2) is 79.1 Å². The topological polar surface area (TPSA) is 49.2 Å². The van der Waals surface area contributed by atoms with Gasteiger partial charge >= 0.3 is 15.9 Å². The van der Waals surface area contributed by atoms with E-state index in [1.54, 1.807) is 0 Å². The van der Waals surface area contributed by atoms with Gasteiger partial charge in [0.05, 0.1) is 17.1 Å². The Kier molecular flexibility index (Phi) is 5.27. The summed E-state index contributed by atoms with van der Waals surface area (Å²) in [6.45, 7) is 2.24. The molecule has 4 aromatic rings. The van der Waals surface area contributed by atoms with Gasteiger partial charge in [-0.3, -0.25) is 4.98 Å². The molecule has 0 spiro atoms. The van der Waals surface area contributed by atoms with Crippen molar-refractivity contribution in [1.29, 1.82) is 0 Å². The molecule has 2 aromatic carbocycles. The van der Waals surface area contributed by atoms with Gasteiger partial charge in [-0.25, -0.2) is 4.68 Å². The lowest BCUT2D eigenvalue weighted by atomic mass is 9.92. The van der Waals surface area contributed by atoms with E-state index in [4.69, 9.17) is 12.7 Å². The molecular formula is C24H21AlN3O2. The van der Waals surface area contributed by atoms with Gasteiger partial charge in [-0.05, 0) is 60.7 Å². The molecule has 2 aromatic heterocycles. The first-order chi connectivity index (χ1) is 14.8. The average Bonchev–Trinajstić information content (AvgIpc) is 3.27. The number of hydrogen-bond donors (Lipinski definition) is 0. The van der Waals surface area contributed by atoms with E-state index in [2.05, 4.69) is 36.2 Å². The van der Waals surface area contributed by atoms with Crippen molar-refractivity contribution in [3.63, 3.8) is 0 Å². The summed E-state index contributed by atoms with van der Waals surface area (Å²) < 4.78 is 14.4. The highest BCUT2D eigenvalue weighted by Gasteiger charge is 2.21. The highest BCUT2D eigenvalue weighted by Crippen LogP contribution is 2.38. The third-order valence-electron chi connectivity index (χ3n) is 5.45. The van der Waals surface area contributed by atoms with E-state index in [1.165, 1.54) is 5.56 Å². The Labute approximate surface area is 182 Å². The highest BCUT2D eigenvalue weighted by atomic mass is 27.2. The van der Waals surface area contributed by atoms with Crippen LogP contribution in [0, 0.1) is 0 Å². The van der Waals surface area contributed by atoms with Gasteiger partial charge in [0.1, 0.15) is 11.4 Å². The van der Waals surface area contributed by atoms with Crippen molar-refractivity contribution in [3.8, 4) is 28.4 Å². The predicted molar refractivity (Wildman–Crippen MR) is 117 cm³/mol. The Balaban J connectivity index is 1.58. The van der Waals surface area contributed by atoms with Crippen molar-refractivity contribution in [2.45, 2.75) is 25.7 Å². The minimum Gasteiger partial charge on any atom is -0.615 e. The maximum absolute atomic E-state index is 6.34. The van der Waals surface area contributed by atoms with Crippen LogP contribution in [0.1, 0.15) is 30.5 Å². The third-order valence-corrected chi connectivity index (χ3v) is 6.13. The van der Waals surface area contributed by atoms with Crippen LogP contribution in [0.25, 0.3) is 16.9 Å². The van der Waals surface area contributed by atoms with Gasteiger partial charge in [-0.1, -0.05) is 37.3 Å². The number of pyridine rings is 1. The molecule has 0 N–H and O–H groups in total. The van der Waals surface area contributed by atoms with Gasteiger partial charge in [-0.15, -0.1) is 0 Å². The van der Waals surface area contributed by atoms with E-state index >= 15 is 0 Å². The predicted octanol–water partition coefficient (Wildman–Crippen LogP) is 4.98. The van der Waals surface area contributed by atoms with Crippen molar-refractivity contribution in [3.05, 3.63) is 90.4 Å². The number of hydrogen-bond acceptors (Lipinski definition) is 4. The third kappa shape index (κ3) is 3.72. The largest absolute Gasteiger partial charge is 0.881 e. The quantitative estimate of drug-likeness (QED) is 0.416. The molecular weight excluding hydrogens is 389 g/mol. The number of fused-ring (bicyclic) bond motifs is 5. The average molecular weight is 410 g/mol. The van der Waals surface area contributed by atoms with Crippen molar-refractivity contribution in [2.24, 2.45) is 0 Å². The normalized spacial score (nSPS) is 15.7.